The zero-order chi connectivity index (χ0) is 20.3. The van der Waals surface area contributed by atoms with E-state index in [2.05, 4.69) is 63.6 Å². The van der Waals surface area contributed by atoms with Gasteiger partial charge in [-0.1, -0.05) is 42.5 Å². The maximum Gasteiger partial charge on any atom is 0.254 e. The Balaban J connectivity index is 1.25. The molecule has 1 amide bonds. The summed E-state index contributed by atoms with van der Waals surface area (Å²) in [6, 6.07) is 17.9. The molecule has 3 aliphatic rings. The summed E-state index contributed by atoms with van der Waals surface area (Å²) >= 11 is 0. The van der Waals surface area contributed by atoms with E-state index in [-0.39, 0.29) is 5.91 Å². The van der Waals surface area contributed by atoms with E-state index in [4.69, 9.17) is 0 Å². The third kappa shape index (κ3) is 4.17. The van der Waals surface area contributed by atoms with Crippen LogP contribution in [0.1, 0.15) is 65.1 Å². The molecule has 4 nitrogen and oxygen atoms in total. The molecular formula is C26H33N3O. The Labute approximate surface area is 180 Å². The van der Waals surface area contributed by atoms with Crippen LogP contribution in [0.4, 0.5) is 0 Å². The summed E-state index contributed by atoms with van der Waals surface area (Å²) in [5.74, 6) is 0.844. The van der Waals surface area contributed by atoms with E-state index in [1.807, 2.05) is 0 Å². The molecule has 4 heteroatoms. The molecule has 2 fully saturated rings. The van der Waals surface area contributed by atoms with Crippen molar-refractivity contribution in [1.82, 2.24) is 15.1 Å². The van der Waals surface area contributed by atoms with Gasteiger partial charge < -0.3 is 10.2 Å². The van der Waals surface area contributed by atoms with Gasteiger partial charge in [-0.05, 0) is 80.4 Å². The fraction of sp³-hybridized carbons (Fsp3) is 0.500. The molecular weight excluding hydrogens is 370 g/mol. The normalized spacial score (nSPS) is 25.2. The Morgan fingerprint density at radius 1 is 0.967 bits per heavy atom. The number of amides is 1. The summed E-state index contributed by atoms with van der Waals surface area (Å²) in [4.78, 5) is 17.7. The fourth-order valence-electron chi connectivity index (χ4n) is 5.50. The molecule has 2 unspecified atom stereocenters. The Morgan fingerprint density at radius 3 is 2.70 bits per heavy atom. The van der Waals surface area contributed by atoms with E-state index < -0.39 is 0 Å². The molecule has 5 rings (SSSR count). The first-order valence-electron chi connectivity index (χ1n) is 11.7. The maximum atomic E-state index is 12.9. The van der Waals surface area contributed by atoms with Crippen molar-refractivity contribution in [3.63, 3.8) is 0 Å². The van der Waals surface area contributed by atoms with Crippen molar-refractivity contribution in [2.24, 2.45) is 0 Å². The molecule has 158 valence electrons. The minimum Gasteiger partial charge on any atom is -0.330 e. The lowest BCUT2D eigenvalue weighted by atomic mass is 9.90. The van der Waals surface area contributed by atoms with E-state index in [0.29, 0.717) is 12.0 Å². The third-order valence-corrected chi connectivity index (χ3v) is 7.21. The number of piperidine rings is 1. The molecule has 1 N–H and O–H groups in total. The van der Waals surface area contributed by atoms with Crippen LogP contribution in [-0.2, 0) is 13.1 Å². The maximum absolute atomic E-state index is 12.9. The molecule has 0 radical (unpaired) electrons. The smallest absolute Gasteiger partial charge is 0.254 e. The van der Waals surface area contributed by atoms with E-state index >= 15 is 0 Å². The van der Waals surface area contributed by atoms with E-state index in [1.54, 1.807) is 0 Å². The number of carbonyl (C=O) groups excluding carboxylic acids is 1. The molecule has 0 aliphatic carbocycles. The lowest BCUT2D eigenvalue weighted by molar-refractivity contribution is 0.0674. The Morgan fingerprint density at radius 2 is 1.87 bits per heavy atom. The SMILES string of the molecule is O=C1c2ccc(C3CCCN(Cc4ccccc4)CC3)cc2CN1C1CCCNC1. The second-order valence-electron chi connectivity index (χ2n) is 9.24. The molecule has 2 saturated heterocycles. The van der Waals surface area contributed by atoms with Gasteiger partial charge in [-0.3, -0.25) is 9.69 Å². The molecule has 0 aromatic heterocycles. The highest BCUT2D eigenvalue weighted by Gasteiger charge is 2.33. The van der Waals surface area contributed by atoms with Crippen LogP contribution in [-0.4, -0.2) is 47.9 Å². The molecule has 3 aliphatic heterocycles. The van der Waals surface area contributed by atoms with Crippen molar-refractivity contribution in [1.29, 1.82) is 0 Å². The summed E-state index contributed by atoms with van der Waals surface area (Å²) in [6.07, 6.45) is 5.98. The number of carbonyl (C=O) groups is 1. The number of likely N-dealkylation sites (tertiary alicyclic amines) is 1. The number of nitrogens with zero attached hydrogens (tertiary/aromatic N) is 2. The van der Waals surface area contributed by atoms with Crippen molar-refractivity contribution in [3.05, 3.63) is 70.8 Å². The van der Waals surface area contributed by atoms with E-state index in [0.717, 1.165) is 51.1 Å². The Kier molecular flexibility index (Phi) is 5.87. The van der Waals surface area contributed by atoms with Gasteiger partial charge in [-0.2, -0.15) is 0 Å². The highest BCUT2D eigenvalue weighted by molar-refractivity contribution is 5.98. The molecule has 2 aromatic carbocycles. The first kappa shape index (κ1) is 19.8. The van der Waals surface area contributed by atoms with Gasteiger partial charge in [-0.15, -0.1) is 0 Å². The highest BCUT2D eigenvalue weighted by Crippen LogP contribution is 2.33. The van der Waals surface area contributed by atoms with Crippen molar-refractivity contribution < 1.29 is 4.79 Å². The average molecular weight is 404 g/mol. The van der Waals surface area contributed by atoms with E-state index in [1.165, 1.54) is 42.5 Å². The predicted octanol–water partition coefficient (Wildman–Crippen LogP) is 4.16. The van der Waals surface area contributed by atoms with Gasteiger partial charge in [0.15, 0.2) is 0 Å². The summed E-state index contributed by atoms with van der Waals surface area (Å²) in [6.45, 7) is 6.19. The van der Waals surface area contributed by atoms with Gasteiger partial charge in [0.25, 0.3) is 5.91 Å². The van der Waals surface area contributed by atoms with Crippen LogP contribution in [0.2, 0.25) is 0 Å². The zero-order valence-electron chi connectivity index (χ0n) is 17.9. The van der Waals surface area contributed by atoms with Gasteiger partial charge in [-0.25, -0.2) is 0 Å². The molecule has 30 heavy (non-hydrogen) atoms. The molecule has 3 heterocycles. The number of nitrogens with one attached hydrogen (secondary N) is 1. The first-order chi connectivity index (χ1) is 14.8. The zero-order valence-corrected chi connectivity index (χ0v) is 17.9. The molecule has 0 spiro atoms. The van der Waals surface area contributed by atoms with Crippen LogP contribution in [0.5, 0.6) is 0 Å². The van der Waals surface area contributed by atoms with Gasteiger partial charge in [0, 0.05) is 31.2 Å². The highest BCUT2D eigenvalue weighted by atomic mass is 16.2. The fourth-order valence-corrected chi connectivity index (χ4v) is 5.50. The van der Waals surface area contributed by atoms with Gasteiger partial charge in [0.2, 0.25) is 0 Å². The monoisotopic (exact) mass is 403 g/mol. The minimum atomic E-state index is 0.236. The Hall–Kier alpha value is -2.17. The lowest BCUT2D eigenvalue weighted by Gasteiger charge is -2.31. The average Bonchev–Trinajstić information content (AvgIpc) is 2.95. The van der Waals surface area contributed by atoms with Crippen molar-refractivity contribution >= 4 is 5.91 Å². The van der Waals surface area contributed by atoms with Gasteiger partial charge in [0.05, 0.1) is 0 Å². The summed E-state index contributed by atoms with van der Waals surface area (Å²) in [5.41, 5.74) is 5.02. The second kappa shape index (κ2) is 8.91. The minimum absolute atomic E-state index is 0.236. The van der Waals surface area contributed by atoms with Gasteiger partial charge in [0.1, 0.15) is 0 Å². The standard InChI is InChI=1S/C26H33N3O/c30-26-25-11-10-22(16-23(25)19-29(26)24-9-4-13-27-17-24)21-8-5-14-28(15-12-21)18-20-6-2-1-3-7-20/h1-3,6-7,10-11,16,21,24,27H,4-5,8-9,12-15,17-19H2. The quantitative estimate of drug-likeness (QED) is 0.832. The predicted molar refractivity (Wildman–Crippen MR) is 121 cm³/mol. The molecule has 2 atom stereocenters. The number of fused-ring (bicyclic) bond motifs is 1. The van der Waals surface area contributed by atoms with Crippen molar-refractivity contribution in [3.8, 4) is 0 Å². The molecule has 0 bridgehead atoms. The third-order valence-electron chi connectivity index (χ3n) is 7.21. The summed E-state index contributed by atoms with van der Waals surface area (Å²) in [7, 11) is 0. The number of benzene rings is 2. The van der Waals surface area contributed by atoms with Crippen LogP contribution < -0.4 is 5.32 Å². The lowest BCUT2D eigenvalue weighted by Crippen LogP contribution is -2.46. The molecule has 2 aromatic rings. The van der Waals surface area contributed by atoms with Crippen LogP contribution in [0.25, 0.3) is 0 Å². The number of hydrogen-bond donors (Lipinski definition) is 1. The summed E-state index contributed by atoms with van der Waals surface area (Å²) in [5, 5.41) is 3.45. The largest absolute Gasteiger partial charge is 0.330 e. The van der Waals surface area contributed by atoms with Gasteiger partial charge >= 0.3 is 0 Å². The second-order valence-corrected chi connectivity index (χ2v) is 9.24. The number of hydrogen-bond acceptors (Lipinski definition) is 3. The van der Waals surface area contributed by atoms with Crippen molar-refractivity contribution in [2.75, 3.05) is 26.2 Å². The van der Waals surface area contributed by atoms with Crippen molar-refractivity contribution in [2.45, 2.75) is 57.2 Å². The summed E-state index contributed by atoms with van der Waals surface area (Å²) < 4.78 is 0. The Bertz CT molecular complexity index is 875. The van der Waals surface area contributed by atoms with Crippen LogP contribution in [0, 0.1) is 0 Å². The van der Waals surface area contributed by atoms with E-state index in [9.17, 15) is 4.79 Å². The van der Waals surface area contributed by atoms with Crippen LogP contribution in [0.15, 0.2) is 48.5 Å². The molecule has 0 saturated carbocycles. The first-order valence-corrected chi connectivity index (χ1v) is 11.7. The topological polar surface area (TPSA) is 35.6 Å². The van der Waals surface area contributed by atoms with Crippen LogP contribution >= 0.6 is 0 Å². The number of rotatable bonds is 4. The van der Waals surface area contributed by atoms with Crippen LogP contribution in [0.3, 0.4) is 0 Å².